The quantitative estimate of drug-likeness (QED) is 0.0189. The van der Waals surface area contributed by atoms with Gasteiger partial charge in [-0.15, -0.1) is 0 Å². The minimum atomic E-state index is -1.82. The molecule has 5 fully saturated rings. The summed E-state index contributed by atoms with van der Waals surface area (Å²) >= 11 is 0. The lowest BCUT2D eigenvalue weighted by Crippen LogP contribution is -2.61. The number of aliphatic hydroxyl groups excluding tert-OH is 3. The highest BCUT2D eigenvalue weighted by Gasteiger charge is 2.69. The number of alkyl carbamates (subject to hydrolysis) is 1. The number of ketones is 2. The van der Waals surface area contributed by atoms with Gasteiger partial charge in [-0.25, -0.2) is 14.2 Å². The van der Waals surface area contributed by atoms with E-state index in [-0.39, 0.29) is 112 Å². The molecule has 5 heterocycles. The molecule has 12 rings (SSSR count). The van der Waals surface area contributed by atoms with Gasteiger partial charge in [0.25, 0.3) is 5.91 Å². The van der Waals surface area contributed by atoms with E-state index in [1.165, 1.54) is 30.8 Å². The van der Waals surface area contributed by atoms with Crippen LogP contribution in [0, 0.1) is 35.0 Å². The van der Waals surface area contributed by atoms with E-state index in [2.05, 4.69) is 47.9 Å². The number of nitrogens with zero attached hydrogens (tertiary/aromatic N) is 4. The van der Waals surface area contributed by atoms with Crippen molar-refractivity contribution in [2.75, 3.05) is 51.4 Å². The second-order valence-electron chi connectivity index (χ2n) is 36.3. The molecule has 0 radical (unpaired) electrons. The van der Waals surface area contributed by atoms with Crippen LogP contribution in [-0.4, -0.2) is 256 Å². The number of hydrogen-bond acceptors (Lipinski definition) is 23. The Hall–Kier alpha value is -9.71. The highest BCUT2D eigenvalue weighted by molar-refractivity contribution is 8.76. The van der Waals surface area contributed by atoms with E-state index in [1.807, 2.05) is 31.2 Å². The van der Waals surface area contributed by atoms with Crippen molar-refractivity contribution in [3.8, 4) is 0 Å². The largest absolute Gasteiger partial charge is 0.461 e. The topological polar surface area (TPSA) is 441 Å². The summed E-state index contributed by atoms with van der Waals surface area (Å²) in [5.41, 5.74) is 0.492. The maximum absolute atomic E-state index is 15.8. The fraction of sp³-hybridized carbons (Fsp3) is 0.598. The van der Waals surface area contributed by atoms with Crippen LogP contribution in [0.25, 0.3) is 0 Å². The molecule has 2 saturated carbocycles. The Balaban J connectivity index is 0.848. The number of pyridine rings is 1. The molecule has 9 aliphatic rings. The fourth-order valence-electron chi connectivity index (χ4n) is 20.0. The number of aliphatic hydroxyl groups is 3. The molecule has 3 saturated heterocycles. The second kappa shape index (κ2) is 42.9. The Morgan fingerprint density at radius 1 is 0.754 bits per heavy atom. The number of benzene rings is 2. The summed E-state index contributed by atoms with van der Waals surface area (Å²) in [7, 11) is 5.07. The molecule has 34 heteroatoms. The number of unbranched alkanes of at least 4 members (excludes halogenated alkanes) is 1. The summed E-state index contributed by atoms with van der Waals surface area (Å²) < 4.78 is 19.6. The number of esters is 1. The molecule has 2 aromatic carbocycles. The summed E-state index contributed by atoms with van der Waals surface area (Å²) in [6, 6.07) is 6.64. The van der Waals surface area contributed by atoms with E-state index in [9.17, 15) is 34.5 Å². The van der Waals surface area contributed by atoms with E-state index in [0.29, 0.717) is 81.0 Å². The zero-order valence-corrected chi connectivity index (χ0v) is 74.7. The molecule has 32 nitrogen and oxygen atoms in total. The Morgan fingerprint density at radius 2 is 1.45 bits per heavy atom. The van der Waals surface area contributed by atoms with E-state index in [1.54, 1.807) is 124 Å². The number of nitrogens with one attached hydrogen (secondary N) is 9. The number of methoxy groups -OCH3 is 1. The van der Waals surface area contributed by atoms with Crippen molar-refractivity contribution in [3.63, 3.8) is 0 Å². The molecular formula is C92H124N13O19S2+. The van der Waals surface area contributed by atoms with Crippen LogP contribution in [0.15, 0.2) is 126 Å². The van der Waals surface area contributed by atoms with Crippen molar-refractivity contribution in [3.05, 3.63) is 137 Å². The standard InChI is InChI=1S/C92H123N13O19S2/c1-53(106)70(50-123-88(120)92(122-8)37-36-64-63-34-32-57-44-60(108)33-35-62(57)77(63)75(109)46-91(64,92)6)99-83(115)72-52-126-125-51-71(100-81(113)69(43-56-24-13-10-14-25-56)98-84(116)73-30-20-40-104(73)87(119)74-31-21-41-105(74)86(118)58-26-19-39-103(7)49-58)82(114)97-68(42-55-22-11-9-12-23-55)80(112)96-67(45-59-47-94-65-28-16-15-27-61(59)65)76(110)48-95-66(79(111)102-78(54(2)107)85(117)101-72)29-17-18-38-93-89(121)124-90(3,4)5/h9-16,19,22-28,39,47,49,53-54,59,61,63-75,77-78,95,106-107,109H,17-18,20-21,29-38,40-46,48,50-52H2,1-8H3,(H7-,93,96,97,98,99,100,101,102,111,112,113,114,115,116,117,121)/p+1/t53?,54?,59?,61?,63?,64?,65?,66?,67?,68?,69?,70?,71?,72?,73?,74?,75?,77?,78?,91?,92-/m1/s1. The minimum absolute atomic E-state index is 0.00542. The number of aliphatic imine (C=N–C) groups is 1. The van der Waals surface area contributed by atoms with E-state index in [4.69, 9.17) is 19.2 Å². The van der Waals surface area contributed by atoms with Crippen molar-refractivity contribution < 1.29 is 96.4 Å². The van der Waals surface area contributed by atoms with Gasteiger partial charge < -0.3 is 81.9 Å². The molecule has 0 bridgehead atoms. The Labute approximate surface area is 743 Å². The summed E-state index contributed by atoms with van der Waals surface area (Å²) in [6.07, 6.45) is 13.7. The van der Waals surface area contributed by atoms with Gasteiger partial charge in [0.2, 0.25) is 47.3 Å². The first-order valence-corrected chi connectivity index (χ1v) is 46.8. The predicted molar refractivity (Wildman–Crippen MR) is 470 cm³/mol. The highest BCUT2D eigenvalue weighted by atomic mass is 33.1. The van der Waals surface area contributed by atoms with Crippen LogP contribution in [0.1, 0.15) is 166 Å². The number of amides is 10. The monoisotopic (exact) mass is 1780 g/mol. The van der Waals surface area contributed by atoms with Crippen molar-refractivity contribution in [2.24, 2.45) is 47.0 Å². The average molecular weight is 1780 g/mol. The number of likely N-dealkylation sites (tertiary alicyclic amines) is 2. The van der Waals surface area contributed by atoms with E-state index < -0.39 is 185 Å². The molecule has 4 aliphatic heterocycles. The summed E-state index contributed by atoms with van der Waals surface area (Å²) in [6.45, 7) is 9.08. The second-order valence-corrected chi connectivity index (χ2v) is 38.9. The lowest BCUT2D eigenvalue weighted by atomic mass is 9.51. The minimum Gasteiger partial charge on any atom is -0.461 e. The molecule has 5 aliphatic carbocycles. The Morgan fingerprint density at radius 3 is 2.17 bits per heavy atom. The molecule has 1 aromatic heterocycles. The van der Waals surface area contributed by atoms with Crippen LogP contribution in [0.4, 0.5) is 4.79 Å². The van der Waals surface area contributed by atoms with Gasteiger partial charge in [-0.05, 0) is 154 Å². The molecular weight excluding hydrogens is 1660 g/mol. The molecule has 3 aromatic rings. The normalized spacial score (nSPS) is 30.1. The first-order chi connectivity index (χ1) is 60.2. The lowest BCUT2D eigenvalue weighted by molar-refractivity contribution is -0.671. The van der Waals surface area contributed by atoms with Gasteiger partial charge in [0, 0.05) is 99.4 Å². The maximum Gasteiger partial charge on any atom is 0.407 e. The van der Waals surface area contributed by atoms with Gasteiger partial charge >= 0.3 is 12.1 Å². The van der Waals surface area contributed by atoms with E-state index >= 15 is 43.2 Å². The summed E-state index contributed by atoms with van der Waals surface area (Å²) in [5.74, 6) is -9.80. The third-order valence-electron chi connectivity index (χ3n) is 26.5. The number of aryl methyl sites for hydroxylation is 1. The number of rotatable bonds is 25. The van der Waals surface area contributed by atoms with Gasteiger partial charge in [-0.1, -0.05) is 125 Å². The average Bonchev–Trinajstić information content (AvgIpc) is 1.52. The van der Waals surface area contributed by atoms with Gasteiger partial charge in [0.05, 0.1) is 49.0 Å². The molecule has 682 valence electrons. The van der Waals surface area contributed by atoms with Crippen molar-refractivity contribution >= 4 is 105 Å². The molecule has 21 atom stereocenters. The maximum atomic E-state index is 15.8. The Bertz CT molecular complexity index is 4600. The molecule has 20 unspecified atom stereocenters. The first kappa shape index (κ1) is 95.4. The zero-order valence-electron chi connectivity index (χ0n) is 73.1. The van der Waals surface area contributed by atoms with Gasteiger partial charge in [0.15, 0.2) is 23.8 Å². The molecule has 126 heavy (non-hydrogen) atoms. The number of ether oxygens (including phenoxy) is 3. The lowest BCUT2D eigenvalue weighted by Gasteiger charge is -2.55. The van der Waals surface area contributed by atoms with Crippen LogP contribution in [0.5, 0.6) is 0 Å². The van der Waals surface area contributed by atoms with Crippen molar-refractivity contribution in [2.45, 2.75) is 253 Å². The van der Waals surface area contributed by atoms with Crippen LogP contribution in [0.2, 0.25) is 0 Å². The smallest absolute Gasteiger partial charge is 0.407 e. The number of carbonyl (C=O) groups is 13. The van der Waals surface area contributed by atoms with Crippen LogP contribution in [0.3, 0.4) is 0 Å². The number of carbonyl (C=O) groups excluding carboxylic acids is 13. The SMILES string of the molecule is CO[C@@]1(C(=O)OCC(NC(=O)C2CSSCC(NC(=O)C(Cc3ccccc3)NC(=O)C3CCCN3C(=O)C3CCCN3C(=O)c3ccc[n+](C)c3)C(=O)NC(Cc3ccccc3)C(=O)NC(CC3C=NC4C=CC=CC34)C(=O)CNC(CCCCNC(=O)OC(C)(C)C)C(=O)NC(C(C)O)C(=O)N2)C(C)O)CCC2C3CCC4=C(CCC(=O)C4)C3C(O)CC21C. The van der Waals surface area contributed by atoms with Crippen molar-refractivity contribution in [1.82, 2.24) is 57.7 Å². The third-order valence-corrected chi connectivity index (χ3v) is 29.0. The predicted octanol–water partition coefficient (Wildman–Crippen LogP) is 3.75. The van der Waals surface area contributed by atoms with E-state index in [0.717, 1.165) is 39.2 Å². The number of fused-ring (bicyclic) bond motifs is 5. The number of allylic oxidation sites excluding steroid dienone is 3. The summed E-state index contributed by atoms with van der Waals surface area (Å²) in [5, 5.41) is 60.8. The molecule has 10 amide bonds. The highest BCUT2D eigenvalue weighted by Crippen LogP contribution is 2.65. The Kier molecular flexibility index (Phi) is 32.5. The van der Waals surface area contributed by atoms with Crippen LogP contribution < -0.4 is 52.4 Å². The number of aromatic nitrogens is 1. The zero-order chi connectivity index (χ0) is 90.3. The van der Waals surface area contributed by atoms with Crippen LogP contribution in [-0.2, 0) is 86.8 Å². The number of Topliss-reactive ketones (excluding diaryl/α,β-unsaturated/α-hetero) is 2. The third kappa shape index (κ3) is 23.2. The molecule has 0 spiro atoms. The first-order valence-electron chi connectivity index (χ1n) is 44.3. The van der Waals surface area contributed by atoms with Gasteiger partial charge in [-0.3, -0.25) is 63.0 Å². The van der Waals surface area contributed by atoms with Gasteiger partial charge in [0.1, 0.15) is 72.9 Å². The molecule has 12 N–H and O–H groups in total. The number of hydrogen-bond donors (Lipinski definition) is 12. The van der Waals surface area contributed by atoms with Crippen LogP contribution >= 0.6 is 21.6 Å². The van der Waals surface area contributed by atoms with Gasteiger partial charge in [-0.2, -0.15) is 0 Å². The fourth-order valence-corrected chi connectivity index (χ4v) is 22.3. The summed E-state index contributed by atoms with van der Waals surface area (Å²) in [4.78, 5) is 200. The van der Waals surface area contributed by atoms with Crippen molar-refractivity contribution in [1.29, 1.82) is 0 Å².